The number of hydrogen-bond acceptors (Lipinski definition) is 3. The van der Waals surface area contributed by atoms with Crippen molar-refractivity contribution in [1.82, 2.24) is 14.8 Å². The Morgan fingerprint density at radius 3 is 2.94 bits per heavy atom. The molecule has 5 heteroatoms. The SMILES string of the molecule is COc1ccn(-c2ccc3c(=O)cc[nH]c3c2)n1. The van der Waals surface area contributed by atoms with Crippen LogP contribution in [0.25, 0.3) is 16.6 Å². The predicted octanol–water partition coefficient (Wildman–Crippen LogP) is 1.72. The first-order valence-corrected chi connectivity index (χ1v) is 5.49. The van der Waals surface area contributed by atoms with Gasteiger partial charge in [0.25, 0.3) is 0 Å². The highest BCUT2D eigenvalue weighted by molar-refractivity contribution is 5.80. The third kappa shape index (κ3) is 1.66. The number of nitrogens with zero attached hydrogens (tertiary/aromatic N) is 2. The van der Waals surface area contributed by atoms with Gasteiger partial charge in [-0.05, 0) is 18.2 Å². The van der Waals surface area contributed by atoms with E-state index in [-0.39, 0.29) is 5.43 Å². The number of methoxy groups -OCH3 is 1. The number of aromatic nitrogens is 3. The molecule has 0 saturated carbocycles. The minimum atomic E-state index is 0.00773. The van der Waals surface area contributed by atoms with Gasteiger partial charge >= 0.3 is 0 Å². The molecule has 0 aliphatic heterocycles. The lowest BCUT2D eigenvalue weighted by Crippen LogP contribution is -2.01. The smallest absolute Gasteiger partial charge is 0.232 e. The molecule has 0 amide bonds. The highest BCUT2D eigenvalue weighted by atomic mass is 16.5. The van der Waals surface area contributed by atoms with Crippen LogP contribution in [0.1, 0.15) is 0 Å². The van der Waals surface area contributed by atoms with Crippen LogP contribution >= 0.6 is 0 Å². The molecule has 0 spiro atoms. The van der Waals surface area contributed by atoms with Crippen LogP contribution in [-0.2, 0) is 0 Å². The molecule has 0 atom stereocenters. The molecule has 3 rings (SSSR count). The molecule has 0 bridgehead atoms. The van der Waals surface area contributed by atoms with E-state index < -0.39 is 0 Å². The van der Waals surface area contributed by atoms with Crippen molar-refractivity contribution < 1.29 is 4.74 Å². The summed E-state index contributed by atoms with van der Waals surface area (Å²) in [6.45, 7) is 0. The van der Waals surface area contributed by atoms with E-state index in [2.05, 4.69) is 10.1 Å². The van der Waals surface area contributed by atoms with E-state index in [1.807, 2.05) is 12.1 Å². The largest absolute Gasteiger partial charge is 0.480 e. The van der Waals surface area contributed by atoms with Crippen LogP contribution in [0, 0.1) is 0 Å². The molecule has 3 aromatic rings. The van der Waals surface area contributed by atoms with E-state index in [9.17, 15) is 4.79 Å². The van der Waals surface area contributed by atoms with Crippen molar-refractivity contribution in [1.29, 1.82) is 0 Å². The fourth-order valence-electron chi connectivity index (χ4n) is 1.87. The maximum absolute atomic E-state index is 11.6. The fourth-order valence-corrected chi connectivity index (χ4v) is 1.87. The zero-order chi connectivity index (χ0) is 12.5. The lowest BCUT2D eigenvalue weighted by molar-refractivity contribution is 0.394. The molecule has 0 fully saturated rings. The summed E-state index contributed by atoms with van der Waals surface area (Å²) in [6.07, 6.45) is 3.44. The van der Waals surface area contributed by atoms with Crippen LogP contribution in [0.3, 0.4) is 0 Å². The lowest BCUT2D eigenvalue weighted by Gasteiger charge is -2.03. The van der Waals surface area contributed by atoms with Crippen molar-refractivity contribution in [3.05, 3.63) is 52.9 Å². The van der Waals surface area contributed by atoms with Gasteiger partial charge in [-0.25, -0.2) is 4.68 Å². The normalized spacial score (nSPS) is 10.7. The number of H-pyrrole nitrogens is 1. The first-order chi connectivity index (χ1) is 8.78. The minimum absolute atomic E-state index is 0.00773. The summed E-state index contributed by atoms with van der Waals surface area (Å²) in [6, 6.07) is 8.81. The summed E-state index contributed by atoms with van der Waals surface area (Å²) in [7, 11) is 1.57. The highest BCUT2D eigenvalue weighted by Gasteiger charge is 2.03. The number of nitrogens with one attached hydrogen (secondary N) is 1. The Balaban J connectivity index is 2.16. The van der Waals surface area contributed by atoms with E-state index in [4.69, 9.17) is 4.74 Å². The quantitative estimate of drug-likeness (QED) is 0.743. The van der Waals surface area contributed by atoms with Gasteiger partial charge in [0.15, 0.2) is 5.43 Å². The molecule has 90 valence electrons. The summed E-state index contributed by atoms with van der Waals surface area (Å²) >= 11 is 0. The van der Waals surface area contributed by atoms with E-state index in [1.165, 1.54) is 6.07 Å². The van der Waals surface area contributed by atoms with E-state index in [0.29, 0.717) is 11.3 Å². The molecule has 1 N–H and O–H groups in total. The average Bonchev–Trinajstić information content (AvgIpc) is 2.87. The van der Waals surface area contributed by atoms with Gasteiger partial charge in [0.05, 0.1) is 18.3 Å². The average molecular weight is 241 g/mol. The third-order valence-electron chi connectivity index (χ3n) is 2.78. The fraction of sp³-hybridized carbons (Fsp3) is 0.0769. The Morgan fingerprint density at radius 1 is 1.28 bits per heavy atom. The van der Waals surface area contributed by atoms with Crippen molar-refractivity contribution in [2.24, 2.45) is 0 Å². The van der Waals surface area contributed by atoms with Crippen LogP contribution in [0.5, 0.6) is 5.88 Å². The van der Waals surface area contributed by atoms with Crippen molar-refractivity contribution in [3.63, 3.8) is 0 Å². The number of aromatic amines is 1. The standard InChI is InChI=1S/C13H11N3O2/c1-18-13-5-7-16(15-13)9-2-3-10-11(8-9)14-6-4-12(10)17/h2-8H,1H3,(H,14,17). The van der Waals surface area contributed by atoms with Gasteiger partial charge in [0.1, 0.15) is 0 Å². The van der Waals surface area contributed by atoms with Gasteiger partial charge in [0.2, 0.25) is 5.88 Å². The Kier molecular flexibility index (Phi) is 2.37. The van der Waals surface area contributed by atoms with E-state index in [1.54, 1.807) is 36.3 Å². The van der Waals surface area contributed by atoms with E-state index >= 15 is 0 Å². The number of benzene rings is 1. The molecule has 0 radical (unpaired) electrons. The minimum Gasteiger partial charge on any atom is -0.480 e. The lowest BCUT2D eigenvalue weighted by atomic mass is 10.2. The number of pyridine rings is 1. The van der Waals surface area contributed by atoms with E-state index in [0.717, 1.165) is 11.2 Å². The number of ether oxygens (including phenoxy) is 1. The Bertz CT molecular complexity index is 758. The van der Waals surface area contributed by atoms with Gasteiger partial charge in [-0.3, -0.25) is 4.79 Å². The van der Waals surface area contributed by atoms with Crippen molar-refractivity contribution in [2.75, 3.05) is 7.11 Å². The second kappa shape index (κ2) is 4.03. The Morgan fingerprint density at radius 2 is 2.17 bits per heavy atom. The molecule has 0 saturated heterocycles. The van der Waals surface area contributed by atoms with Gasteiger partial charge in [-0.2, -0.15) is 0 Å². The summed E-state index contributed by atoms with van der Waals surface area (Å²) in [5, 5.41) is 4.90. The van der Waals surface area contributed by atoms with Gasteiger partial charge < -0.3 is 9.72 Å². The molecule has 1 aromatic carbocycles. The molecule has 2 aromatic heterocycles. The monoisotopic (exact) mass is 241 g/mol. The van der Waals surface area contributed by atoms with Gasteiger partial charge in [-0.15, -0.1) is 5.10 Å². The van der Waals surface area contributed by atoms with Gasteiger partial charge in [-0.1, -0.05) is 0 Å². The maximum Gasteiger partial charge on any atom is 0.232 e. The number of hydrogen-bond donors (Lipinski definition) is 1. The van der Waals surface area contributed by atoms with Gasteiger partial charge in [0, 0.05) is 29.9 Å². The summed E-state index contributed by atoms with van der Waals surface area (Å²) in [5.41, 5.74) is 1.66. The zero-order valence-corrected chi connectivity index (χ0v) is 9.75. The van der Waals surface area contributed by atoms with Crippen LogP contribution < -0.4 is 10.2 Å². The van der Waals surface area contributed by atoms with Crippen LogP contribution in [-0.4, -0.2) is 21.9 Å². The predicted molar refractivity (Wildman–Crippen MR) is 68.2 cm³/mol. The van der Waals surface area contributed by atoms with Crippen molar-refractivity contribution >= 4 is 10.9 Å². The molecule has 18 heavy (non-hydrogen) atoms. The Hall–Kier alpha value is -2.56. The summed E-state index contributed by atoms with van der Waals surface area (Å²) in [5.74, 6) is 0.552. The third-order valence-corrected chi connectivity index (χ3v) is 2.78. The molecule has 0 aliphatic rings. The number of fused-ring (bicyclic) bond motifs is 1. The molecular formula is C13H11N3O2. The van der Waals surface area contributed by atoms with Crippen LogP contribution in [0.2, 0.25) is 0 Å². The molecule has 2 heterocycles. The summed E-state index contributed by atoms with van der Waals surface area (Å²) in [4.78, 5) is 14.7. The second-order valence-electron chi connectivity index (χ2n) is 3.87. The molecule has 0 aliphatic carbocycles. The maximum atomic E-state index is 11.6. The van der Waals surface area contributed by atoms with Crippen molar-refractivity contribution in [2.45, 2.75) is 0 Å². The molecule has 5 nitrogen and oxygen atoms in total. The zero-order valence-electron chi connectivity index (χ0n) is 9.75. The first kappa shape index (κ1) is 10.6. The molecule has 0 unspecified atom stereocenters. The Labute approximate surface area is 103 Å². The second-order valence-corrected chi connectivity index (χ2v) is 3.87. The van der Waals surface area contributed by atoms with Crippen molar-refractivity contribution in [3.8, 4) is 11.6 Å². The topological polar surface area (TPSA) is 59.9 Å². The first-order valence-electron chi connectivity index (χ1n) is 5.49. The van der Waals surface area contributed by atoms with Crippen LogP contribution in [0.15, 0.2) is 47.5 Å². The molecular weight excluding hydrogens is 230 g/mol. The van der Waals surface area contributed by atoms with Crippen LogP contribution in [0.4, 0.5) is 0 Å². The highest BCUT2D eigenvalue weighted by Crippen LogP contribution is 2.15. The summed E-state index contributed by atoms with van der Waals surface area (Å²) < 4.78 is 6.73. The number of rotatable bonds is 2.